The minimum absolute atomic E-state index is 0.143. The third kappa shape index (κ3) is 4.14. The summed E-state index contributed by atoms with van der Waals surface area (Å²) in [5.41, 5.74) is 2.39. The Hall–Kier alpha value is -3.20. The van der Waals surface area contributed by atoms with Gasteiger partial charge in [0.2, 0.25) is 5.88 Å². The Morgan fingerprint density at radius 2 is 2.26 bits per heavy atom. The third-order valence-electron chi connectivity index (χ3n) is 4.00. The first-order chi connectivity index (χ1) is 13.0. The standard InChI is InChI=1S/C18H21N5O4/c1-11(9-24)20-18(25)15-8-16(21-23(15)3)26-10-13-12(2)27-22-17(13)14-6-4-5-7-19-14/h4-8,11,24H,9-10H2,1-3H3,(H,20,25). The van der Waals surface area contributed by atoms with Gasteiger partial charge in [-0.25, -0.2) is 0 Å². The zero-order chi connectivity index (χ0) is 19.4. The topological polar surface area (TPSA) is 115 Å². The summed E-state index contributed by atoms with van der Waals surface area (Å²) >= 11 is 0. The highest BCUT2D eigenvalue weighted by Gasteiger charge is 2.19. The van der Waals surface area contributed by atoms with Crippen molar-refractivity contribution in [2.24, 2.45) is 7.05 Å². The van der Waals surface area contributed by atoms with Crippen molar-refractivity contribution >= 4 is 5.91 Å². The molecule has 142 valence electrons. The molecule has 0 aliphatic carbocycles. The number of nitrogens with zero attached hydrogens (tertiary/aromatic N) is 4. The average molecular weight is 371 g/mol. The number of carbonyl (C=O) groups is 1. The van der Waals surface area contributed by atoms with Crippen LogP contribution in [0.5, 0.6) is 5.88 Å². The first kappa shape index (κ1) is 18.6. The summed E-state index contributed by atoms with van der Waals surface area (Å²) in [6.45, 7) is 3.54. The van der Waals surface area contributed by atoms with Crippen LogP contribution in [0, 0.1) is 6.92 Å². The monoisotopic (exact) mass is 371 g/mol. The van der Waals surface area contributed by atoms with Gasteiger partial charge in [-0.15, -0.1) is 5.10 Å². The Morgan fingerprint density at radius 1 is 1.44 bits per heavy atom. The van der Waals surface area contributed by atoms with Crippen LogP contribution in [0.25, 0.3) is 11.4 Å². The zero-order valence-corrected chi connectivity index (χ0v) is 15.3. The first-order valence-corrected chi connectivity index (χ1v) is 8.44. The Labute approximate surface area is 156 Å². The molecule has 0 radical (unpaired) electrons. The van der Waals surface area contributed by atoms with E-state index in [2.05, 4.69) is 20.6 Å². The molecule has 2 N–H and O–H groups in total. The van der Waals surface area contributed by atoms with E-state index in [9.17, 15) is 4.79 Å². The van der Waals surface area contributed by atoms with Crippen LogP contribution in [0.1, 0.15) is 28.7 Å². The van der Waals surface area contributed by atoms with Gasteiger partial charge in [-0.05, 0) is 26.0 Å². The zero-order valence-electron chi connectivity index (χ0n) is 15.3. The molecule has 0 saturated heterocycles. The predicted molar refractivity (Wildman–Crippen MR) is 96.0 cm³/mol. The highest BCUT2D eigenvalue weighted by atomic mass is 16.5. The Morgan fingerprint density at radius 3 is 2.96 bits per heavy atom. The summed E-state index contributed by atoms with van der Waals surface area (Å²) in [6.07, 6.45) is 1.68. The maximum atomic E-state index is 12.2. The summed E-state index contributed by atoms with van der Waals surface area (Å²) in [6, 6.07) is 6.73. The smallest absolute Gasteiger partial charge is 0.269 e. The molecular formula is C18H21N5O4. The van der Waals surface area contributed by atoms with Gasteiger partial charge in [0.25, 0.3) is 5.91 Å². The summed E-state index contributed by atoms with van der Waals surface area (Å²) < 4.78 is 12.5. The Bertz CT molecular complexity index is 919. The van der Waals surface area contributed by atoms with E-state index in [1.807, 2.05) is 18.2 Å². The number of aryl methyl sites for hydroxylation is 2. The second-order valence-electron chi connectivity index (χ2n) is 6.12. The van der Waals surface area contributed by atoms with Crippen LogP contribution in [0.15, 0.2) is 35.0 Å². The number of hydrogen-bond donors (Lipinski definition) is 2. The fourth-order valence-electron chi connectivity index (χ4n) is 2.48. The molecular weight excluding hydrogens is 350 g/mol. The second-order valence-corrected chi connectivity index (χ2v) is 6.12. The molecule has 9 nitrogen and oxygen atoms in total. The molecule has 0 bridgehead atoms. The molecule has 0 aliphatic heterocycles. The molecule has 9 heteroatoms. The van der Waals surface area contributed by atoms with Gasteiger partial charge in [0.1, 0.15) is 23.8 Å². The maximum Gasteiger partial charge on any atom is 0.269 e. The van der Waals surface area contributed by atoms with Crippen molar-refractivity contribution in [1.82, 2.24) is 25.2 Å². The molecule has 1 atom stereocenters. The molecule has 0 spiro atoms. The predicted octanol–water partition coefficient (Wildman–Crippen LogP) is 1.47. The lowest BCUT2D eigenvalue weighted by Gasteiger charge is -2.09. The molecule has 0 aromatic carbocycles. The molecule has 0 aliphatic rings. The fourth-order valence-corrected chi connectivity index (χ4v) is 2.48. The van der Waals surface area contributed by atoms with E-state index in [1.54, 1.807) is 33.2 Å². The number of aliphatic hydroxyl groups excluding tert-OH is 1. The molecule has 1 amide bonds. The minimum atomic E-state index is -0.350. The fraction of sp³-hybridized carbons (Fsp3) is 0.333. The number of hydrogen-bond acceptors (Lipinski definition) is 7. The van der Waals surface area contributed by atoms with Crippen molar-refractivity contribution < 1.29 is 19.2 Å². The minimum Gasteiger partial charge on any atom is -0.471 e. The van der Waals surface area contributed by atoms with Gasteiger partial charge in [0.15, 0.2) is 0 Å². The van der Waals surface area contributed by atoms with Crippen LogP contribution >= 0.6 is 0 Å². The van der Waals surface area contributed by atoms with Crippen LogP contribution in [0.3, 0.4) is 0 Å². The largest absolute Gasteiger partial charge is 0.471 e. The van der Waals surface area contributed by atoms with Gasteiger partial charge in [0.05, 0.1) is 17.9 Å². The summed E-state index contributed by atoms with van der Waals surface area (Å²) in [4.78, 5) is 16.5. The summed E-state index contributed by atoms with van der Waals surface area (Å²) in [5, 5.41) is 20.0. The maximum absolute atomic E-state index is 12.2. The van der Waals surface area contributed by atoms with Crippen LogP contribution in [0.2, 0.25) is 0 Å². The van der Waals surface area contributed by atoms with Gasteiger partial charge < -0.3 is 19.7 Å². The van der Waals surface area contributed by atoms with Gasteiger partial charge in [-0.2, -0.15) is 0 Å². The lowest BCUT2D eigenvalue weighted by Crippen LogP contribution is -2.36. The molecule has 3 rings (SSSR count). The first-order valence-electron chi connectivity index (χ1n) is 8.44. The number of ether oxygens (including phenoxy) is 1. The number of carbonyl (C=O) groups excluding carboxylic acids is 1. The summed E-state index contributed by atoms with van der Waals surface area (Å²) in [5.74, 6) is 0.588. The quantitative estimate of drug-likeness (QED) is 0.646. The second kappa shape index (κ2) is 8.00. The lowest BCUT2D eigenvalue weighted by atomic mass is 10.1. The van der Waals surface area contributed by atoms with Gasteiger partial charge >= 0.3 is 0 Å². The van der Waals surface area contributed by atoms with Crippen molar-refractivity contribution in [2.45, 2.75) is 26.5 Å². The van der Waals surface area contributed by atoms with E-state index in [-0.39, 0.29) is 25.2 Å². The lowest BCUT2D eigenvalue weighted by molar-refractivity contribution is 0.0912. The normalized spacial score (nSPS) is 12.0. The van der Waals surface area contributed by atoms with Gasteiger partial charge in [-0.3, -0.25) is 14.5 Å². The summed E-state index contributed by atoms with van der Waals surface area (Å²) in [7, 11) is 1.65. The average Bonchev–Trinajstić information content (AvgIpc) is 3.23. The number of aromatic nitrogens is 4. The number of amides is 1. The molecule has 3 aromatic heterocycles. The van der Waals surface area contributed by atoms with E-state index in [0.717, 1.165) is 5.56 Å². The van der Waals surface area contributed by atoms with E-state index < -0.39 is 0 Å². The van der Waals surface area contributed by atoms with Crippen LogP contribution < -0.4 is 10.1 Å². The van der Waals surface area contributed by atoms with Crippen molar-refractivity contribution in [1.29, 1.82) is 0 Å². The van der Waals surface area contributed by atoms with Crippen molar-refractivity contribution in [3.05, 3.63) is 47.5 Å². The van der Waals surface area contributed by atoms with Crippen molar-refractivity contribution in [2.75, 3.05) is 6.61 Å². The van der Waals surface area contributed by atoms with Gasteiger partial charge in [-0.1, -0.05) is 11.2 Å². The van der Waals surface area contributed by atoms with E-state index in [4.69, 9.17) is 14.4 Å². The number of rotatable bonds is 7. The van der Waals surface area contributed by atoms with E-state index in [1.165, 1.54) is 4.68 Å². The number of aliphatic hydroxyl groups is 1. The molecule has 0 fully saturated rings. The van der Waals surface area contributed by atoms with E-state index in [0.29, 0.717) is 28.7 Å². The van der Waals surface area contributed by atoms with Crippen molar-refractivity contribution in [3.63, 3.8) is 0 Å². The highest BCUT2D eigenvalue weighted by Crippen LogP contribution is 2.25. The van der Waals surface area contributed by atoms with Crippen molar-refractivity contribution in [3.8, 4) is 17.3 Å². The van der Waals surface area contributed by atoms with Crippen LogP contribution in [-0.4, -0.2) is 43.6 Å². The Kier molecular flexibility index (Phi) is 5.51. The number of nitrogens with one attached hydrogen (secondary N) is 1. The molecule has 27 heavy (non-hydrogen) atoms. The number of pyridine rings is 1. The SMILES string of the molecule is Cc1onc(-c2ccccn2)c1COc1cc(C(=O)NC(C)CO)n(C)n1. The molecule has 0 saturated carbocycles. The highest BCUT2D eigenvalue weighted by molar-refractivity contribution is 5.93. The third-order valence-corrected chi connectivity index (χ3v) is 4.00. The molecule has 3 heterocycles. The van der Waals surface area contributed by atoms with Gasteiger partial charge in [0, 0.05) is 25.4 Å². The van der Waals surface area contributed by atoms with Crippen LogP contribution in [0.4, 0.5) is 0 Å². The molecule has 3 aromatic rings. The van der Waals surface area contributed by atoms with Crippen LogP contribution in [-0.2, 0) is 13.7 Å². The molecule has 1 unspecified atom stereocenters. The van der Waals surface area contributed by atoms with E-state index >= 15 is 0 Å². The Balaban J connectivity index is 1.74.